The summed E-state index contributed by atoms with van der Waals surface area (Å²) in [7, 11) is 0. The third-order valence-corrected chi connectivity index (χ3v) is 7.88. The van der Waals surface area contributed by atoms with Crippen molar-refractivity contribution in [2.75, 3.05) is 0 Å². The normalized spacial score (nSPS) is 12.1. The molecular weight excluding hydrogens is 512 g/mol. The molecule has 7 rings (SSSR count). The van der Waals surface area contributed by atoms with Gasteiger partial charge in [-0.05, 0) is 75.2 Å². The Morgan fingerprint density at radius 1 is 0.452 bits per heavy atom. The van der Waals surface area contributed by atoms with E-state index >= 15 is 0 Å². The fraction of sp³-hybridized carbons (Fsp3) is 0.105. The van der Waals surface area contributed by atoms with Crippen LogP contribution in [0.1, 0.15) is 36.4 Å². The summed E-state index contributed by atoms with van der Waals surface area (Å²) in [4.78, 5) is 20.1. The monoisotopic (exact) mass is 542 g/mol. The first-order chi connectivity index (χ1) is 20.5. The third-order valence-electron chi connectivity index (χ3n) is 7.88. The van der Waals surface area contributed by atoms with E-state index < -0.39 is 0 Å². The number of rotatable bonds is 4. The predicted octanol–water partition coefficient (Wildman–Crippen LogP) is 9.90. The number of aromatic nitrogens is 4. The Morgan fingerprint density at radius 3 is 1.26 bits per heavy atom. The van der Waals surface area contributed by atoms with Crippen LogP contribution in [0.25, 0.3) is 78.3 Å². The van der Waals surface area contributed by atoms with E-state index in [4.69, 9.17) is 19.9 Å². The summed E-state index contributed by atoms with van der Waals surface area (Å²) in [5.74, 6) is 0. The number of allylic oxidation sites excluding steroid dienone is 2. The van der Waals surface area contributed by atoms with Gasteiger partial charge in [0.15, 0.2) is 0 Å². The summed E-state index contributed by atoms with van der Waals surface area (Å²) in [6.07, 6.45) is 8.11. The van der Waals surface area contributed by atoms with Crippen molar-refractivity contribution < 1.29 is 0 Å². The molecular formula is C38H30N4. The highest BCUT2D eigenvalue weighted by Gasteiger charge is 2.12. The van der Waals surface area contributed by atoms with Crippen molar-refractivity contribution in [2.24, 2.45) is 0 Å². The molecule has 0 unspecified atom stereocenters. The molecule has 7 aromatic rings. The molecule has 0 saturated heterocycles. The highest BCUT2D eigenvalue weighted by atomic mass is 14.8. The van der Waals surface area contributed by atoms with E-state index in [1.54, 1.807) is 0 Å². The van der Waals surface area contributed by atoms with Gasteiger partial charge in [0.05, 0.1) is 44.8 Å². The summed E-state index contributed by atoms with van der Waals surface area (Å²) < 4.78 is 0. The van der Waals surface area contributed by atoms with Crippen molar-refractivity contribution in [1.29, 1.82) is 0 Å². The molecule has 0 bridgehead atoms. The van der Waals surface area contributed by atoms with Crippen molar-refractivity contribution in [3.63, 3.8) is 0 Å². The molecule has 0 aliphatic rings. The van der Waals surface area contributed by atoms with Gasteiger partial charge in [-0.25, -0.2) is 19.9 Å². The number of hydrogen-bond donors (Lipinski definition) is 0. The Balaban J connectivity index is 1.30. The molecule has 3 aromatic carbocycles. The number of pyridine rings is 4. The van der Waals surface area contributed by atoms with Crippen LogP contribution in [-0.4, -0.2) is 19.9 Å². The minimum Gasteiger partial charge on any atom is -0.246 e. The minimum absolute atomic E-state index is 0.922. The second-order valence-electron chi connectivity index (χ2n) is 10.8. The van der Waals surface area contributed by atoms with E-state index in [9.17, 15) is 0 Å². The van der Waals surface area contributed by atoms with Gasteiger partial charge in [0.1, 0.15) is 0 Å². The maximum absolute atomic E-state index is 5.11. The van der Waals surface area contributed by atoms with Gasteiger partial charge in [0.25, 0.3) is 0 Å². The number of fused-ring (bicyclic) bond motifs is 6. The topological polar surface area (TPSA) is 51.6 Å². The molecule has 4 heteroatoms. The fourth-order valence-corrected chi connectivity index (χ4v) is 5.78. The number of benzene rings is 3. The van der Waals surface area contributed by atoms with Crippen LogP contribution in [0.2, 0.25) is 0 Å². The predicted molar refractivity (Wildman–Crippen MR) is 177 cm³/mol. The largest absolute Gasteiger partial charge is 0.246 e. The lowest BCUT2D eigenvalue weighted by atomic mass is 10.0. The molecule has 4 nitrogen and oxygen atoms in total. The lowest BCUT2D eigenvalue weighted by Crippen LogP contribution is -1.93. The molecule has 42 heavy (non-hydrogen) atoms. The fourth-order valence-electron chi connectivity index (χ4n) is 5.78. The second kappa shape index (κ2) is 10.3. The zero-order valence-corrected chi connectivity index (χ0v) is 24.2. The van der Waals surface area contributed by atoms with Crippen LogP contribution >= 0.6 is 0 Å². The summed E-state index contributed by atoms with van der Waals surface area (Å²) in [6, 6.07) is 29.8. The SMILES string of the molecule is C/C=C/c1cc(C)c2ccc3ccc(-c4ccc(-c5ccc6ccc7c(C)cc(/C=C/C)nc7c6n5)cc4)nc3c2n1. The van der Waals surface area contributed by atoms with Crippen molar-refractivity contribution in [1.82, 2.24) is 19.9 Å². The zero-order chi connectivity index (χ0) is 28.8. The highest BCUT2D eigenvalue weighted by molar-refractivity contribution is 6.06. The van der Waals surface area contributed by atoms with E-state index in [0.717, 1.165) is 77.5 Å². The van der Waals surface area contributed by atoms with Crippen LogP contribution in [-0.2, 0) is 0 Å². The highest BCUT2D eigenvalue weighted by Crippen LogP contribution is 2.31. The van der Waals surface area contributed by atoms with Gasteiger partial charge in [0, 0.05) is 32.7 Å². The van der Waals surface area contributed by atoms with Gasteiger partial charge < -0.3 is 0 Å². The van der Waals surface area contributed by atoms with Gasteiger partial charge in [-0.2, -0.15) is 0 Å². The van der Waals surface area contributed by atoms with E-state index in [2.05, 4.69) is 98.8 Å². The molecule has 0 fully saturated rings. The molecule has 4 heterocycles. The van der Waals surface area contributed by atoms with Crippen molar-refractivity contribution in [2.45, 2.75) is 27.7 Å². The van der Waals surface area contributed by atoms with Gasteiger partial charge >= 0.3 is 0 Å². The van der Waals surface area contributed by atoms with Crippen LogP contribution in [0.4, 0.5) is 0 Å². The number of aryl methyl sites for hydroxylation is 2. The quantitative estimate of drug-likeness (QED) is 0.208. The first-order valence-electron chi connectivity index (χ1n) is 14.3. The Bertz CT molecular complexity index is 2060. The van der Waals surface area contributed by atoms with Crippen LogP contribution in [0, 0.1) is 13.8 Å². The average Bonchev–Trinajstić information content (AvgIpc) is 3.01. The first-order valence-corrected chi connectivity index (χ1v) is 14.3. The maximum Gasteiger partial charge on any atom is 0.0974 e. The standard InChI is InChI=1S/C38H30N4/c1-5-7-29-21-23(3)31-17-13-27-15-19-33(41-35(27)37(31)39-29)25-9-11-26(12-10-25)34-20-16-28-14-18-32-24(4)22-30(8-6-2)40-38(32)36(28)42-34/h5-22H,1-4H3/b7-5+,8-6+. The van der Waals surface area contributed by atoms with Gasteiger partial charge in [-0.3, -0.25) is 0 Å². The van der Waals surface area contributed by atoms with E-state index in [1.807, 2.05) is 38.2 Å². The molecule has 0 amide bonds. The van der Waals surface area contributed by atoms with Crippen LogP contribution in [0.5, 0.6) is 0 Å². The van der Waals surface area contributed by atoms with Crippen LogP contribution in [0.15, 0.2) is 97.1 Å². The minimum atomic E-state index is 0.922. The van der Waals surface area contributed by atoms with Gasteiger partial charge in [0.2, 0.25) is 0 Å². The van der Waals surface area contributed by atoms with E-state index in [1.165, 1.54) is 11.1 Å². The Hall–Kier alpha value is -5.22. The molecule has 4 aromatic heterocycles. The number of nitrogens with zero attached hydrogens (tertiary/aromatic N) is 4. The summed E-state index contributed by atoms with van der Waals surface area (Å²) >= 11 is 0. The van der Waals surface area contributed by atoms with Crippen molar-refractivity contribution in [3.05, 3.63) is 120 Å². The summed E-state index contributed by atoms with van der Waals surface area (Å²) in [5, 5.41) is 4.43. The summed E-state index contributed by atoms with van der Waals surface area (Å²) in [6.45, 7) is 8.29. The Labute approximate surface area is 245 Å². The molecule has 0 spiro atoms. The molecule has 202 valence electrons. The molecule has 0 aliphatic carbocycles. The zero-order valence-electron chi connectivity index (χ0n) is 24.2. The molecule has 0 N–H and O–H groups in total. The van der Waals surface area contributed by atoms with Crippen molar-refractivity contribution in [3.8, 4) is 22.5 Å². The molecule has 0 atom stereocenters. The Morgan fingerprint density at radius 2 is 0.857 bits per heavy atom. The van der Waals surface area contributed by atoms with Gasteiger partial charge in [-0.1, -0.05) is 72.8 Å². The number of hydrogen-bond acceptors (Lipinski definition) is 4. The maximum atomic E-state index is 5.11. The van der Waals surface area contributed by atoms with E-state index in [-0.39, 0.29) is 0 Å². The first kappa shape index (κ1) is 25.7. The molecule has 0 aliphatic heterocycles. The van der Waals surface area contributed by atoms with Crippen molar-refractivity contribution >= 4 is 55.8 Å². The third kappa shape index (κ3) is 4.42. The van der Waals surface area contributed by atoms with Crippen LogP contribution in [0.3, 0.4) is 0 Å². The lowest BCUT2D eigenvalue weighted by molar-refractivity contribution is 1.32. The van der Waals surface area contributed by atoms with E-state index in [0.29, 0.717) is 0 Å². The smallest absolute Gasteiger partial charge is 0.0974 e. The molecule has 0 saturated carbocycles. The second-order valence-corrected chi connectivity index (χ2v) is 10.8. The van der Waals surface area contributed by atoms with Crippen LogP contribution < -0.4 is 0 Å². The van der Waals surface area contributed by atoms with Gasteiger partial charge in [-0.15, -0.1) is 0 Å². The lowest BCUT2D eigenvalue weighted by Gasteiger charge is -2.10. The summed E-state index contributed by atoms with van der Waals surface area (Å²) in [5.41, 5.74) is 12.0. The Kier molecular flexibility index (Phi) is 6.32. The molecule has 0 radical (unpaired) electrons. The average molecular weight is 543 g/mol.